The average molecular weight is 473 g/mol. The normalized spacial score (nSPS) is 12.9. The third-order valence-corrected chi connectivity index (χ3v) is 7.76. The van der Waals surface area contributed by atoms with Crippen LogP contribution in [0.4, 0.5) is 10.2 Å². The van der Waals surface area contributed by atoms with E-state index in [4.69, 9.17) is 0 Å². The number of aryl methyl sites for hydroxylation is 1. The van der Waals surface area contributed by atoms with Crippen molar-refractivity contribution in [2.24, 2.45) is 0 Å². The van der Waals surface area contributed by atoms with E-state index in [0.29, 0.717) is 27.8 Å². The maximum absolute atomic E-state index is 13.5. The Balaban J connectivity index is 1.92. The van der Waals surface area contributed by atoms with Gasteiger partial charge in [-0.3, -0.25) is 0 Å². The number of aromatic nitrogens is 4. The fourth-order valence-electron chi connectivity index (χ4n) is 3.21. The van der Waals surface area contributed by atoms with Crippen molar-refractivity contribution in [3.63, 3.8) is 0 Å². The van der Waals surface area contributed by atoms with E-state index in [1.54, 1.807) is 24.3 Å². The van der Waals surface area contributed by atoms with Crippen LogP contribution in [0.3, 0.4) is 0 Å². The van der Waals surface area contributed by atoms with Crippen LogP contribution >= 0.6 is 11.3 Å². The molecule has 0 unspecified atom stereocenters. The van der Waals surface area contributed by atoms with Crippen molar-refractivity contribution in [1.82, 2.24) is 24.5 Å². The minimum Gasteiger partial charge on any atom is -0.360 e. The Bertz CT molecular complexity index is 1390. The molecule has 0 spiro atoms. The quantitative estimate of drug-likeness (QED) is 0.452. The van der Waals surface area contributed by atoms with Crippen LogP contribution in [-0.2, 0) is 10.0 Å². The molecule has 0 aliphatic heterocycles. The molecule has 2 aromatic heterocycles. The molecule has 0 bridgehead atoms. The SMILES string of the molecule is Cc1nnc([C@@H](C)Nc2ncnc3c(S(=O)(=O)N(C)C)cc(-c4ccc(F)cc4)cc23)s1. The molecule has 2 heterocycles. The molecule has 0 aliphatic rings. The van der Waals surface area contributed by atoms with Crippen LogP contribution in [0.2, 0.25) is 0 Å². The van der Waals surface area contributed by atoms with Crippen molar-refractivity contribution in [2.75, 3.05) is 19.4 Å². The highest BCUT2D eigenvalue weighted by atomic mass is 32.2. The van der Waals surface area contributed by atoms with E-state index in [-0.39, 0.29) is 16.8 Å². The first-order chi connectivity index (χ1) is 15.2. The number of rotatable bonds is 6. The zero-order chi connectivity index (χ0) is 23.0. The molecule has 4 rings (SSSR count). The van der Waals surface area contributed by atoms with E-state index in [1.807, 2.05) is 13.8 Å². The molecule has 2 aromatic carbocycles. The summed E-state index contributed by atoms with van der Waals surface area (Å²) >= 11 is 1.47. The Morgan fingerprint density at radius 2 is 1.78 bits per heavy atom. The Morgan fingerprint density at radius 1 is 1.06 bits per heavy atom. The summed E-state index contributed by atoms with van der Waals surface area (Å²) in [5.74, 6) is 0.0945. The van der Waals surface area contributed by atoms with Crippen LogP contribution in [0.1, 0.15) is 23.0 Å². The van der Waals surface area contributed by atoms with Gasteiger partial charge < -0.3 is 5.32 Å². The number of nitrogens with zero attached hydrogens (tertiary/aromatic N) is 5. The van der Waals surface area contributed by atoms with Crippen LogP contribution in [0.15, 0.2) is 47.6 Å². The first-order valence-electron chi connectivity index (χ1n) is 9.70. The van der Waals surface area contributed by atoms with Crippen LogP contribution < -0.4 is 5.32 Å². The van der Waals surface area contributed by atoms with E-state index >= 15 is 0 Å². The summed E-state index contributed by atoms with van der Waals surface area (Å²) in [6.07, 6.45) is 1.33. The third kappa shape index (κ3) is 4.18. The summed E-state index contributed by atoms with van der Waals surface area (Å²) in [4.78, 5) is 8.69. The predicted molar refractivity (Wildman–Crippen MR) is 122 cm³/mol. The molecule has 0 amide bonds. The number of halogens is 1. The first kappa shape index (κ1) is 22.2. The van der Waals surface area contributed by atoms with Gasteiger partial charge in [-0.05, 0) is 49.2 Å². The van der Waals surface area contributed by atoms with E-state index < -0.39 is 10.0 Å². The van der Waals surface area contributed by atoms with Crippen molar-refractivity contribution in [2.45, 2.75) is 24.8 Å². The number of hydrogen-bond donors (Lipinski definition) is 1. The van der Waals surface area contributed by atoms with Gasteiger partial charge in [-0.25, -0.2) is 27.1 Å². The van der Waals surface area contributed by atoms with Crippen molar-refractivity contribution in [3.8, 4) is 11.1 Å². The summed E-state index contributed by atoms with van der Waals surface area (Å²) in [6, 6.07) is 9.03. The highest BCUT2D eigenvalue weighted by molar-refractivity contribution is 7.89. The van der Waals surface area contributed by atoms with Gasteiger partial charge in [-0.15, -0.1) is 10.2 Å². The maximum Gasteiger partial charge on any atom is 0.244 e. The second kappa shape index (κ2) is 8.49. The molecule has 32 heavy (non-hydrogen) atoms. The molecule has 0 saturated heterocycles. The highest BCUT2D eigenvalue weighted by Crippen LogP contribution is 2.34. The zero-order valence-electron chi connectivity index (χ0n) is 17.9. The Labute approximate surface area is 189 Å². The van der Waals surface area contributed by atoms with Crippen LogP contribution in [-0.4, -0.2) is 47.0 Å². The second-order valence-corrected chi connectivity index (χ2v) is 10.7. The molecule has 4 aromatic rings. The Hall–Kier alpha value is -3.02. The fourth-order valence-corrected chi connectivity index (χ4v) is 4.98. The standard InChI is InChI=1S/C21H21FN6O2S2/c1-12(21-27-26-13(2)31-21)25-20-17-9-15(14-5-7-16(22)8-6-14)10-18(19(17)23-11-24-20)32(29,30)28(3)4/h5-12H,1-4H3,(H,23,24,25)/t12-/m1/s1. The summed E-state index contributed by atoms with van der Waals surface area (Å²) in [7, 11) is -0.887. The lowest BCUT2D eigenvalue weighted by Crippen LogP contribution is -2.23. The van der Waals surface area contributed by atoms with Gasteiger partial charge in [0.2, 0.25) is 10.0 Å². The van der Waals surface area contributed by atoms with Gasteiger partial charge >= 0.3 is 0 Å². The van der Waals surface area contributed by atoms with E-state index in [1.165, 1.54) is 43.9 Å². The van der Waals surface area contributed by atoms with Gasteiger partial charge in [0.15, 0.2) is 0 Å². The van der Waals surface area contributed by atoms with Crippen molar-refractivity contribution < 1.29 is 12.8 Å². The molecule has 1 N–H and O–H groups in total. The second-order valence-electron chi connectivity index (χ2n) is 7.41. The molecule has 0 fully saturated rings. The highest BCUT2D eigenvalue weighted by Gasteiger charge is 2.24. The monoisotopic (exact) mass is 472 g/mol. The van der Waals surface area contributed by atoms with Gasteiger partial charge in [-0.1, -0.05) is 23.5 Å². The fraction of sp³-hybridized carbons (Fsp3) is 0.238. The van der Waals surface area contributed by atoms with E-state index in [9.17, 15) is 12.8 Å². The average Bonchev–Trinajstić information content (AvgIpc) is 3.20. The Morgan fingerprint density at radius 3 is 2.41 bits per heavy atom. The number of fused-ring (bicyclic) bond motifs is 1. The third-order valence-electron chi connectivity index (χ3n) is 4.91. The summed E-state index contributed by atoms with van der Waals surface area (Å²) in [5, 5.41) is 13.7. The van der Waals surface area contributed by atoms with Gasteiger partial charge in [-0.2, -0.15) is 0 Å². The molecule has 166 valence electrons. The minimum absolute atomic E-state index is 0.0455. The first-order valence-corrected chi connectivity index (χ1v) is 12.0. The van der Waals surface area contributed by atoms with Gasteiger partial charge in [0, 0.05) is 19.5 Å². The van der Waals surface area contributed by atoms with Crippen molar-refractivity contribution in [3.05, 3.63) is 58.6 Å². The summed E-state index contributed by atoms with van der Waals surface area (Å²) < 4.78 is 40.8. The molecule has 0 aliphatic carbocycles. The predicted octanol–water partition coefficient (Wildman–Crippen LogP) is 4.02. The van der Waals surface area contributed by atoms with Crippen LogP contribution in [0.25, 0.3) is 22.0 Å². The summed E-state index contributed by atoms with van der Waals surface area (Å²) in [6.45, 7) is 3.80. The van der Waals surface area contributed by atoms with Gasteiger partial charge in [0.05, 0.1) is 11.6 Å². The lowest BCUT2D eigenvalue weighted by Gasteiger charge is -2.18. The van der Waals surface area contributed by atoms with E-state index in [0.717, 1.165) is 14.3 Å². The lowest BCUT2D eigenvalue weighted by atomic mass is 10.0. The van der Waals surface area contributed by atoms with E-state index in [2.05, 4.69) is 25.5 Å². The number of sulfonamides is 1. The van der Waals surface area contributed by atoms with Crippen molar-refractivity contribution in [1.29, 1.82) is 0 Å². The van der Waals surface area contributed by atoms with Crippen molar-refractivity contribution >= 4 is 38.1 Å². The maximum atomic E-state index is 13.5. The smallest absolute Gasteiger partial charge is 0.244 e. The number of nitrogens with one attached hydrogen (secondary N) is 1. The molecular weight excluding hydrogens is 451 g/mol. The van der Waals surface area contributed by atoms with Crippen LogP contribution in [0, 0.1) is 12.7 Å². The lowest BCUT2D eigenvalue weighted by molar-refractivity contribution is 0.521. The summed E-state index contributed by atoms with van der Waals surface area (Å²) in [5.41, 5.74) is 1.57. The topological polar surface area (TPSA) is 101 Å². The molecule has 11 heteroatoms. The van der Waals surface area contributed by atoms with Gasteiger partial charge in [0.25, 0.3) is 0 Å². The number of benzene rings is 2. The zero-order valence-corrected chi connectivity index (χ0v) is 19.5. The largest absolute Gasteiger partial charge is 0.360 e. The molecule has 0 saturated carbocycles. The minimum atomic E-state index is -3.82. The molecule has 8 nitrogen and oxygen atoms in total. The van der Waals surface area contributed by atoms with Crippen LogP contribution in [0.5, 0.6) is 0 Å². The molecule has 0 radical (unpaired) electrons. The molecular formula is C21H21FN6O2S2. The Kier molecular flexibility index (Phi) is 5.89. The molecule has 1 atom stereocenters. The van der Waals surface area contributed by atoms with Gasteiger partial charge in [0.1, 0.15) is 32.9 Å². The number of hydrogen-bond acceptors (Lipinski definition) is 8. The number of anilines is 1.